The van der Waals surface area contributed by atoms with E-state index in [1.807, 2.05) is 50.2 Å². The third-order valence-electron chi connectivity index (χ3n) is 4.57. The number of carbonyl (C=O) groups is 1. The van der Waals surface area contributed by atoms with Crippen LogP contribution >= 0.6 is 0 Å². The van der Waals surface area contributed by atoms with Gasteiger partial charge in [-0.05, 0) is 68.1 Å². The Morgan fingerprint density at radius 2 is 2.00 bits per heavy atom. The number of anilines is 2. The Hall–Kier alpha value is -2.49. The van der Waals surface area contributed by atoms with Crippen molar-refractivity contribution in [1.29, 1.82) is 0 Å². The van der Waals surface area contributed by atoms with E-state index in [1.165, 1.54) is 12.1 Å². The summed E-state index contributed by atoms with van der Waals surface area (Å²) in [5.74, 6) is 1.54. The lowest BCUT2D eigenvalue weighted by Gasteiger charge is -2.18. The zero-order chi connectivity index (χ0) is 18.5. The largest absolute Gasteiger partial charge is 0.491 e. The van der Waals surface area contributed by atoms with E-state index in [9.17, 15) is 4.79 Å². The second kappa shape index (κ2) is 8.26. The average molecular weight is 352 g/mol. The highest BCUT2D eigenvalue weighted by atomic mass is 16.5. The molecule has 0 saturated carbocycles. The zero-order valence-electron chi connectivity index (χ0n) is 15.9. The van der Waals surface area contributed by atoms with E-state index in [0.29, 0.717) is 6.42 Å². The Balaban J connectivity index is 1.56. The molecule has 1 saturated heterocycles. The molecule has 0 bridgehead atoms. The van der Waals surface area contributed by atoms with Gasteiger partial charge in [-0.2, -0.15) is 0 Å². The number of hydrogen-bond acceptors (Lipinski definition) is 3. The van der Waals surface area contributed by atoms with Crippen LogP contribution in [0, 0.1) is 5.92 Å². The molecule has 26 heavy (non-hydrogen) atoms. The van der Waals surface area contributed by atoms with Crippen molar-refractivity contribution in [2.24, 2.45) is 5.92 Å². The summed E-state index contributed by atoms with van der Waals surface area (Å²) >= 11 is 0. The number of amides is 1. The molecular weight excluding hydrogens is 324 g/mol. The molecule has 3 rings (SSSR count). The minimum Gasteiger partial charge on any atom is -0.491 e. The Kier molecular flexibility index (Phi) is 5.82. The van der Waals surface area contributed by atoms with E-state index >= 15 is 0 Å². The smallest absolute Gasteiger partial charge is 0.228 e. The molecular formula is C22H28N2O2. The van der Waals surface area contributed by atoms with Crippen molar-refractivity contribution in [1.82, 2.24) is 0 Å². The molecule has 1 aliphatic heterocycles. The molecule has 0 aromatic heterocycles. The third-order valence-corrected chi connectivity index (χ3v) is 4.57. The Morgan fingerprint density at radius 1 is 1.23 bits per heavy atom. The summed E-state index contributed by atoms with van der Waals surface area (Å²) < 4.78 is 5.69. The molecule has 1 amide bonds. The summed E-state index contributed by atoms with van der Waals surface area (Å²) in [5, 5.41) is 2.98. The standard InChI is InChI=1S/C22H28N2O2/c1-16(2)26-21-6-4-5-18(13-21)14-22(25)23-19-7-9-20(10-8-19)24-12-11-17(3)15-24/h4-10,13,16-17H,11-12,14-15H2,1-3H3,(H,23,25). The van der Waals surface area contributed by atoms with Gasteiger partial charge in [-0.3, -0.25) is 4.79 Å². The van der Waals surface area contributed by atoms with E-state index < -0.39 is 0 Å². The van der Waals surface area contributed by atoms with Gasteiger partial charge in [0.1, 0.15) is 5.75 Å². The number of hydrogen-bond donors (Lipinski definition) is 1. The van der Waals surface area contributed by atoms with Crippen molar-refractivity contribution >= 4 is 17.3 Å². The quantitative estimate of drug-likeness (QED) is 0.832. The van der Waals surface area contributed by atoms with E-state index in [1.54, 1.807) is 0 Å². The summed E-state index contributed by atoms with van der Waals surface area (Å²) in [6.45, 7) is 8.50. The van der Waals surface area contributed by atoms with E-state index in [4.69, 9.17) is 4.74 Å². The fourth-order valence-electron chi connectivity index (χ4n) is 3.32. The van der Waals surface area contributed by atoms with Crippen molar-refractivity contribution in [3.05, 3.63) is 54.1 Å². The van der Waals surface area contributed by atoms with Gasteiger partial charge in [0.25, 0.3) is 0 Å². The highest BCUT2D eigenvalue weighted by Gasteiger charge is 2.18. The van der Waals surface area contributed by atoms with Crippen LogP contribution in [-0.2, 0) is 11.2 Å². The molecule has 1 N–H and O–H groups in total. The van der Waals surface area contributed by atoms with Gasteiger partial charge in [0.2, 0.25) is 5.91 Å². The maximum Gasteiger partial charge on any atom is 0.228 e. The Bertz CT molecular complexity index is 740. The predicted molar refractivity (Wildman–Crippen MR) is 107 cm³/mol. The highest BCUT2D eigenvalue weighted by molar-refractivity contribution is 5.92. The molecule has 4 heteroatoms. The number of benzene rings is 2. The fraction of sp³-hybridized carbons (Fsp3) is 0.409. The molecule has 0 spiro atoms. The summed E-state index contributed by atoms with van der Waals surface area (Å²) in [5.41, 5.74) is 3.01. The lowest BCUT2D eigenvalue weighted by molar-refractivity contribution is -0.115. The van der Waals surface area contributed by atoms with Gasteiger partial charge in [0, 0.05) is 24.5 Å². The van der Waals surface area contributed by atoms with E-state index in [0.717, 1.165) is 36.0 Å². The number of nitrogens with zero attached hydrogens (tertiary/aromatic N) is 1. The summed E-state index contributed by atoms with van der Waals surface area (Å²) in [4.78, 5) is 14.7. The van der Waals surface area contributed by atoms with Crippen molar-refractivity contribution < 1.29 is 9.53 Å². The molecule has 1 unspecified atom stereocenters. The monoisotopic (exact) mass is 352 g/mol. The number of ether oxygens (including phenoxy) is 1. The maximum absolute atomic E-state index is 12.3. The maximum atomic E-state index is 12.3. The third kappa shape index (κ3) is 5.01. The second-order valence-corrected chi connectivity index (χ2v) is 7.43. The molecule has 4 nitrogen and oxygen atoms in total. The zero-order valence-corrected chi connectivity index (χ0v) is 15.9. The Labute approximate surface area is 156 Å². The molecule has 2 aromatic carbocycles. The molecule has 1 fully saturated rings. The number of rotatable bonds is 6. The van der Waals surface area contributed by atoms with Gasteiger partial charge < -0.3 is 15.0 Å². The van der Waals surface area contributed by atoms with Crippen molar-refractivity contribution in [2.75, 3.05) is 23.3 Å². The molecule has 2 aromatic rings. The van der Waals surface area contributed by atoms with Crippen LogP contribution in [-0.4, -0.2) is 25.1 Å². The number of carbonyl (C=O) groups excluding carboxylic acids is 1. The van der Waals surface area contributed by atoms with Crippen LogP contribution in [0.15, 0.2) is 48.5 Å². The van der Waals surface area contributed by atoms with Crippen LogP contribution in [0.4, 0.5) is 11.4 Å². The summed E-state index contributed by atoms with van der Waals surface area (Å²) in [7, 11) is 0. The van der Waals surface area contributed by atoms with Gasteiger partial charge in [-0.15, -0.1) is 0 Å². The predicted octanol–water partition coefficient (Wildman–Crippen LogP) is 4.50. The first-order chi connectivity index (χ1) is 12.5. The SMILES string of the molecule is CC1CCN(c2ccc(NC(=O)Cc3cccc(OC(C)C)c3)cc2)C1. The average Bonchev–Trinajstić information content (AvgIpc) is 3.01. The Morgan fingerprint density at radius 3 is 2.65 bits per heavy atom. The first-order valence-corrected chi connectivity index (χ1v) is 9.40. The van der Waals surface area contributed by atoms with E-state index in [-0.39, 0.29) is 12.0 Å². The minimum atomic E-state index is -0.0192. The normalized spacial score (nSPS) is 16.8. The van der Waals surface area contributed by atoms with Crippen LogP contribution in [0.1, 0.15) is 32.8 Å². The first kappa shape index (κ1) is 18.3. The van der Waals surface area contributed by atoms with Crippen molar-refractivity contribution in [3.8, 4) is 5.75 Å². The summed E-state index contributed by atoms with van der Waals surface area (Å²) in [6, 6.07) is 15.9. The highest BCUT2D eigenvalue weighted by Crippen LogP contribution is 2.25. The second-order valence-electron chi connectivity index (χ2n) is 7.43. The van der Waals surface area contributed by atoms with Crippen LogP contribution in [0.2, 0.25) is 0 Å². The van der Waals surface area contributed by atoms with Gasteiger partial charge in [-0.25, -0.2) is 0 Å². The molecule has 0 aliphatic carbocycles. The minimum absolute atomic E-state index is 0.0192. The number of nitrogens with one attached hydrogen (secondary N) is 1. The van der Waals surface area contributed by atoms with Crippen LogP contribution in [0.3, 0.4) is 0 Å². The van der Waals surface area contributed by atoms with Crippen LogP contribution < -0.4 is 15.0 Å². The van der Waals surface area contributed by atoms with Crippen LogP contribution in [0.25, 0.3) is 0 Å². The van der Waals surface area contributed by atoms with Crippen molar-refractivity contribution in [3.63, 3.8) is 0 Å². The molecule has 1 heterocycles. The molecule has 0 radical (unpaired) electrons. The lowest BCUT2D eigenvalue weighted by atomic mass is 10.1. The topological polar surface area (TPSA) is 41.6 Å². The van der Waals surface area contributed by atoms with Gasteiger partial charge >= 0.3 is 0 Å². The van der Waals surface area contributed by atoms with Crippen LogP contribution in [0.5, 0.6) is 5.75 Å². The molecule has 1 atom stereocenters. The first-order valence-electron chi connectivity index (χ1n) is 9.40. The van der Waals surface area contributed by atoms with Crippen molar-refractivity contribution in [2.45, 2.75) is 39.7 Å². The van der Waals surface area contributed by atoms with E-state index in [2.05, 4.69) is 29.3 Å². The lowest BCUT2D eigenvalue weighted by Crippen LogP contribution is -2.19. The summed E-state index contributed by atoms with van der Waals surface area (Å²) in [6.07, 6.45) is 1.70. The molecule has 138 valence electrons. The van der Waals surface area contributed by atoms with Gasteiger partial charge in [0.05, 0.1) is 12.5 Å². The van der Waals surface area contributed by atoms with Gasteiger partial charge in [0.15, 0.2) is 0 Å². The fourth-order valence-corrected chi connectivity index (χ4v) is 3.32. The molecule has 1 aliphatic rings. The van der Waals surface area contributed by atoms with Gasteiger partial charge in [-0.1, -0.05) is 19.1 Å².